The van der Waals surface area contributed by atoms with Crippen molar-refractivity contribution in [3.8, 4) is 0 Å². The first kappa shape index (κ1) is 17.7. The van der Waals surface area contributed by atoms with Gasteiger partial charge in [-0.1, -0.05) is 18.2 Å². The van der Waals surface area contributed by atoms with Crippen LogP contribution in [0.4, 0.5) is 5.69 Å². The minimum atomic E-state index is -0.646. The zero-order chi connectivity index (χ0) is 18.8. The van der Waals surface area contributed by atoms with E-state index >= 15 is 0 Å². The van der Waals surface area contributed by atoms with Gasteiger partial charge in [0, 0.05) is 18.3 Å². The van der Waals surface area contributed by atoms with Crippen LogP contribution in [0.2, 0.25) is 0 Å². The lowest BCUT2D eigenvalue weighted by molar-refractivity contribution is -0.120. The van der Waals surface area contributed by atoms with Gasteiger partial charge in [0.15, 0.2) is 0 Å². The van der Waals surface area contributed by atoms with Gasteiger partial charge in [0.2, 0.25) is 5.84 Å². The molecule has 0 saturated heterocycles. The Bertz CT molecular complexity index is 858. The van der Waals surface area contributed by atoms with Crippen molar-refractivity contribution in [3.63, 3.8) is 0 Å². The molecule has 2 heterocycles. The quantitative estimate of drug-likeness (QED) is 0.864. The Morgan fingerprint density at radius 1 is 1.31 bits per heavy atom. The minimum Gasteiger partial charge on any atom is -0.343 e. The van der Waals surface area contributed by atoms with Gasteiger partial charge in [0.05, 0.1) is 17.9 Å². The molecule has 0 bridgehead atoms. The highest BCUT2D eigenvalue weighted by Crippen LogP contribution is 2.18. The molecule has 0 saturated carbocycles. The van der Waals surface area contributed by atoms with E-state index in [-0.39, 0.29) is 23.7 Å². The second kappa shape index (κ2) is 6.99. The number of rotatable bonds is 4. The van der Waals surface area contributed by atoms with Crippen LogP contribution in [-0.4, -0.2) is 33.5 Å². The Kier molecular flexibility index (Phi) is 4.75. The molecule has 0 unspecified atom stereocenters. The number of benzene rings is 1. The monoisotopic (exact) mass is 354 g/mol. The highest BCUT2D eigenvalue weighted by Gasteiger charge is 2.31. The maximum Gasteiger partial charge on any atom is 0.288 e. The molecule has 2 atom stereocenters. The second-order valence-corrected chi connectivity index (χ2v) is 6.28. The molecule has 2 N–H and O–H groups in total. The lowest BCUT2D eigenvalue weighted by atomic mass is 10.1. The number of hydrogen-bond donors (Lipinski definition) is 2. The van der Waals surface area contributed by atoms with Crippen LogP contribution < -0.4 is 15.8 Å². The number of hydrogen-bond acceptors (Lipinski definition) is 5. The van der Waals surface area contributed by atoms with Crippen molar-refractivity contribution in [2.24, 2.45) is 12.0 Å². The van der Waals surface area contributed by atoms with E-state index in [2.05, 4.69) is 20.8 Å². The summed E-state index contributed by atoms with van der Waals surface area (Å²) in [5.41, 5.74) is 5.39. The van der Waals surface area contributed by atoms with E-state index in [1.165, 1.54) is 5.01 Å². The molecule has 2 aromatic rings. The largest absolute Gasteiger partial charge is 0.343 e. The number of aliphatic imine (C=N–C) groups is 1. The van der Waals surface area contributed by atoms with Gasteiger partial charge in [0.25, 0.3) is 11.8 Å². The summed E-state index contributed by atoms with van der Waals surface area (Å²) in [5.74, 6) is -0.487. The van der Waals surface area contributed by atoms with E-state index in [1.807, 2.05) is 39.1 Å². The SMILES string of the molecule is Cc1c([C@@H](C)NC(=O)C2=N[C@H](C)C(=O)N(c3ccccc3)N2)cnn1C. The fraction of sp³-hybridized carbons (Fsp3) is 0.333. The Hall–Kier alpha value is -3.16. The second-order valence-electron chi connectivity index (χ2n) is 6.28. The number of carbonyl (C=O) groups is 2. The average molecular weight is 354 g/mol. The van der Waals surface area contributed by atoms with E-state index in [9.17, 15) is 9.59 Å². The summed E-state index contributed by atoms with van der Waals surface area (Å²) in [6.45, 7) is 5.50. The molecule has 26 heavy (non-hydrogen) atoms. The molecule has 3 rings (SSSR count). The van der Waals surface area contributed by atoms with E-state index in [0.717, 1.165) is 11.3 Å². The number of carbonyl (C=O) groups excluding carboxylic acids is 2. The molecule has 1 aliphatic rings. The van der Waals surface area contributed by atoms with Crippen LogP contribution in [0, 0.1) is 6.92 Å². The highest BCUT2D eigenvalue weighted by molar-refractivity contribution is 6.39. The molecule has 1 aliphatic heterocycles. The Balaban J connectivity index is 1.77. The summed E-state index contributed by atoms with van der Waals surface area (Å²) in [7, 11) is 1.85. The fourth-order valence-corrected chi connectivity index (χ4v) is 2.79. The van der Waals surface area contributed by atoms with E-state index in [0.29, 0.717) is 5.69 Å². The molecule has 0 fully saturated rings. The zero-order valence-corrected chi connectivity index (χ0v) is 15.2. The van der Waals surface area contributed by atoms with Crippen LogP contribution in [0.25, 0.3) is 0 Å². The number of hydrazine groups is 1. The smallest absolute Gasteiger partial charge is 0.288 e. The predicted molar refractivity (Wildman–Crippen MR) is 98.5 cm³/mol. The van der Waals surface area contributed by atoms with E-state index in [1.54, 1.807) is 29.9 Å². The molecule has 0 aliphatic carbocycles. The summed E-state index contributed by atoms with van der Waals surface area (Å²) in [5, 5.41) is 8.46. The number of para-hydroxylation sites is 1. The molecular weight excluding hydrogens is 332 g/mol. The molecule has 8 heteroatoms. The van der Waals surface area contributed by atoms with Gasteiger partial charge >= 0.3 is 0 Å². The summed E-state index contributed by atoms with van der Waals surface area (Å²) in [4.78, 5) is 29.3. The maximum absolute atomic E-state index is 12.7. The van der Waals surface area contributed by atoms with Crippen LogP contribution in [0.5, 0.6) is 0 Å². The third-order valence-corrected chi connectivity index (χ3v) is 4.44. The number of nitrogens with one attached hydrogen (secondary N) is 2. The normalized spacial score (nSPS) is 18.2. The van der Waals surface area contributed by atoms with Gasteiger partial charge in [-0.2, -0.15) is 5.10 Å². The van der Waals surface area contributed by atoms with E-state index < -0.39 is 6.04 Å². The third kappa shape index (κ3) is 3.30. The maximum atomic E-state index is 12.7. The third-order valence-electron chi connectivity index (χ3n) is 4.44. The van der Waals surface area contributed by atoms with Crippen molar-refractivity contribution in [2.45, 2.75) is 32.9 Å². The first-order chi connectivity index (χ1) is 12.4. The number of amides is 2. The lowest BCUT2D eigenvalue weighted by Gasteiger charge is -2.30. The van der Waals surface area contributed by atoms with Gasteiger partial charge in [-0.25, -0.2) is 10.0 Å². The van der Waals surface area contributed by atoms with Crippen LogP contribution in [0.1, 0.15) is 31.1 Å². The number of anilines is 1. The molecular formula is C18H22N6O2. The molecule has 1 aromatic heterocycles. The number of nitrogens with zero attached hydrogens (tertiary/aromatic N) is 4. The van der Waals surface area contributed by atoms with Crippen molar-refractivity contribution in [1.82, 2.24) is 20.5 Å². The first-order valence-electron chi connectivity index (χ1n) is 8.41. The summed E-state index contributed by atoms with van der Waals surface area (Å²) < 4.78 is 1.76. The lowest BCUT2D eigenvalue weighted by Crippen LogP contribution is -2.58. The Morgan fingerprint density at radius 2 is 2.00 bits per heavy atom. The van der Waals surface area contributed by atoms with Crippen LogP contribution >= 0.6 is 0 Å². The number of aryl methyl sites for hydroxylation is 1. The zero-order valence-electron chi connectivity index (χ0n) is 15.2. The van der Waals surface area contributed by atoms with Crippen molar-refractivity contribution in [3.05, 3.63) is 47.8 Å². The molecule has 2 amide bonds. The average Bonchev–Trinajstić information content (AvgIpc) is 2.97. The van der Waals surface area contributed by atoms with Crippen molar-refractivity contribution in [2.75, 3.05) is 5.01 Å². The Morgan fingerprint density at radius 3 is 2.62 bits per heavy atom. The van der Waals surface area contributed by atoms with Gasteiger partial charge in [-0.3, -0.25) is 19.7 Å². The standard InChI is InChI=1S/C18H22N6O2/c1-11(15-10-19-23(4)13(15)3)21-17(25)16-20-12(2)18(26)24(22-16)14-8-6-5-7-9-14/h5-12H,1-4H3,(H,20,22)(H,21,25)/t11-,12-/m1/s1. The summed E-state index contributed by atoms with van der Waals surface area (Å²) in [6, 6.07) is 8.22. The van der Waals surface area contributed by atoms with Gasteiger partial charge < -0.3 is 5.32 Å². The van der Waals surface area contributed by atoms with Crippen LogP contribution in [0.15, 0.2) is 41.5 Å². The first-order valence-corrected chi connectivity index (χ1v) is 8.41. The predicted octanol–water partition coefficient (Wildman–Crippen LogP) is 1.24. The Labute approximate surface area is 151 Å². The fourth-order valence-electron chi connectivity index (χ4n) is 2.79. The van der Waals surface area contributed by atoms with Crippen molar-refractivity contribution >= 4 is 23.3 Å². The molecule has 1 aromatic carbocycles. The molecule has 8 nitrogen and oxygen atoms in total. The van der Waals surface area contributed by atoms with Gasteiger partial charge in [0.1, 0.15) is 6.04 Å². The molecule has 0 radical (unpaired) electrons. The van der Waals surface area contributed by atoms with Crippen molar-refractivity contribution < 1.29 is 9.59 Å². The van der Waals surface area contributed by atoms with E-state index in [4.69, 9.17) is 0 Å². The van der Waals surface area contributed by atoms with Gasteiger partial charge in [-0.05, 0) is 32.9 Å². The van der Waals surface area contributed by atoms with Crippen LogP contribution in [0.3, 0.4) is 0 Å². The highest BCUT2D eigenvalue weighted by atomic mass is 16.2. The topological polar surface area (TPSA) is 91.6 Å². The molecule has 0 spiro atoms. The molecule has 136 valence electrons. The number of aromatic nitrogens is 2. The van der Waals surface area contributed by atoms with Crippen molar-refractivity contribution in [1.29, 1.82) is 0 Å². The number of amidine groups is 1. The van der Waals surface area contributed by atoms with Crippen LogP contribution in [-0.2, 0) is 16.6 Å². The summed E-state index contributed by atoms with van der Waals surface area (Å²) >= 11 is 0. The summed E-state index contributed by atoms with van der Waals surface area (Å²) in [6.07, 6.45) is 1.73. The minimum absolute atomic E-state index is 0.106. The van der Waals surface area contributed by atoms with Gasteiger partial charge in [-0.15, -0.1) is 0 Å².